The molecule has 0 atom stereocenters. The maximum atomic E-state index is 12.7. The molecular formula is C20H29N3O3. The van der Waals surface area contributed by atoms with Crippen molar-refractivity contribution in [3.05, 3.63) is 35.9 Å². The number of carbonyl (C=O) groups is 2. The number of urea groups is 1. The van der Waals surface area contributed by atoms with Gasteiger partial charge in [-0.05, 0) is 31.2 Å². The van der Waals surface area contributed by atoms with Crippen molar-refractivity contribution in [1.82, 2.24) is 15.3 Å². The van der Waals surface area contributed by atoms with Crippen molar-refractivity contribution in [2.24, 2.45) is 5.92 Å². The molecular weight excluding hydrogens is 330 g/mol. The monoisotopic (exact) mass is 359 g/mol. The highest BCUT2D eigenvalue weighted by molar-refractivity contribution is 5.79. The van der Waals surface area contributed by atoms with Gasteiger partial charge in [0.25, 0.3) is 0 Å². The molecule has 0 spiro atoms. The van der Waals surface area contributed by atoms with E-state index in [1.807, 2.05) is 35.2 Å². The lowest BCUT2D eigenvalue weighted by Crippen LogP contribution is -2.47. The lowest BCUT2D eigenvalue weighted by Gasteiger charge is -2.33. The van der Waals surface area contributed by atoms with E-state index < -0.39 is 0 Å². The predicted molar refractivity (Wildman–Crippen MR) is 99.1 cm³/mol. The fraction of sp³-hybridized carbons (Fsp3) is 0.600. The van der Waals surface area contributed by atoms with Gasteiger partial charge in [0.1, 0.15) is 0 Å². The molecule has 6 nitrogen and oxygen atoms in total. The van der Waals surface area contributed by atoms with E-state index in [9.17, 15) is 9.59 Å². The van der Waals surface area contributed by atoms with Gasteiger partial charge in [-0.15, -0.1) is 0 Å². The average molecular weight is 359 g/mol. The van der Waals surface area contributed by atoms with E-state index in [0.29, 0.717) is 19.7 Å². The number of nitrogens with one attached hydrogen (secondary N) is 1. The first-order valence-electron chi connectivity index (χ1n) is 9.73. The van der Waals surface area contributed by atoms with Gasteiger partial charge in [0.2, 0.25) is 5.91 Å². The Balaban J connectivity index is 1.38. The van der Waals surface area contributed by atoms with E-state index in [1.54, 1.807) is 4.90 Å². The summed E-state index contributed by atoms with van der Waals surface area (Å²) in [6, 6.07) is 9.50. The average Bonchev–Trinajstić information content (AvgIpc) is 2.98. The Bertz CT molecular complexity index is 577. The number of carbonyl (C=O) groups excluding carboxylic acids is 2. The summed E-state index contributed by atoms with van der Waals surface area (Å²) in [5.74, 6) is 0.342. The van der Waals surface area contributed by atoms with Crippen LogP contribution < -0.4 is 5.48 Å². The minimum atomic E-state index is -0.221. The Morgan fingerprint density at radius 3 is 2.23 bits per heavy atom. The van der Waals surface area contributed by atoms with Crippen LogP contribution in [0, 0.1) is 5.92 Å². The van der Waals surface area contributed by atoms with E-state index in [2.05, 4.69) is 5.48 Å². The summed E-state index contributed by atoms with van der Waals surface area (Å²) in [6.45, 7) is 3.34. The number of hydroxylamine groups is 1. The third-order valence-electron chi connectivity index (χ3n) is 5.29. The second-order valence-electron chi connectivity index (χ2n) is 7.18. The fourth-order valence-electron chi connectivity index (χ4n) is 3.70. The van der Waals surface area contributed by atoms with Crippen molar-refractivity contribution in [3.63, 3.8) is 0 Å². The SMILES string of the molecule is O=C(NOCc1ccccc1)N1CCC(C(=O)N2CCCCCC2)CC1. The topological polar surface area (TPSA) is 61.9 Å². The molecule has 142 valence electrons. The van der Waals surface area contributed by atoms with Gasteiger partial charge >= 0.3 is 6.03 Å². The molecule has 26 heavy (non-hydrogen) atoms. The second-order valence-corrected chi connectivity index (χ2v) is 7.18. The van der Waals surface area contributed by atoms with E-state index >= 15 is 0 Å². The third-order valence-corrected chi connectivity index (χ3v) is 5.29. The number of benzene rings is 1. The molecule has 2 aliphatic heterocycles. The van der Waals surface area contributed by atoms with Gasteiger partial charge in [-0.25, -0.2) is 10.3 Å². The summed E-state index contributed by atoms with van der Waals surface area (Å²) in [4.78, 5) is 34.0. The number of rotatable bonds is 4. The van der Waals surface area contributed by atoms with Crippen LogP contribution in [0.25, 0.3) is 0 Å². The Hall–Kier alpha value is -2.08. The van der Waals surface area contributed by atoms with Crippen LogP contribution in [-0.4, -0.2) is 47.9 Å². The lowest BCUT2D eigenvalue weighted by molar-refractivity contribution is -0.136. The van der Waals surface area contributed by atoms with E-state index in [1.165, 1.54) is 12.8 Å². The van der Waals surface area contributed by atoms with Gasteiger partial charge in [0.05, 0.1) is 6.61 Å². The zero-order chi connectivity index (χ0) is 18.2. The number of likely N-dealkylation sites (tertiary alicyclic amines) is 2. The molecule has 0 aliphatic carbocycles. The highest BCUT2D eigenvalue weighted by atomic mass is 16.7. The molecule has 0 radical (unpaired) electrons. The van der Waals surface area contributed by atoms with Crippen LogP contribution in [0.3, 0.4) is 0 Å². The molecule has 2 heterocycles. The summed E-state index contributed by atoms with van der Waals surface area (Å²) in [5, 5.41) is 0. The van der Waals surface area contributed by atoms with Crippen LogP contribution in [-0.2, 0) is 16.2 Å². The molecule has 0 aromatic heterocycles. The molecule has 0 bridgehead atoms. The fourth-order valence-corrected chi connectivity index (χ4v) is 3.70. The summed E-state index contributed by atoms with van der Waals surface area (Å²) < 4.78 is 0. The van der Waals surface area contributed by atoms with Gasteiger partial charge in [-0.3, -0.25) is 9.63 Å². The standard InChI is InChI=1S/C20H29N3O3/c24-19(22-12-6-1-2-7-13-22)18-10-14-23(15-11-18)20(25)21-26-16-17-8-4-3-5-9-17/h3-5,8-9,18H,1-2,6-7,10-16H2,(H,21,25). The minimum absolute atomic E-state index is 0.0578. The molecule has 1 N–H and O–H groups in total. The number of hydrogen-bond donors (Lipinski definition) is 1. The summed E-state index contributed by atoms with van der Waals surface area (Å²) in [5.41, 5.74) is 3.52. The van der Waals surface area contributed by atoms with Gasteiger partial charge in [-0.2, -0.15) is 0 Å². The molecule has 2 aliphatic rings. The Morgan fingerprint density at radius 2 is 1.58 bits per heavy atom. The number of hydrogen-bond acceptors (Lipinski definition) is 3. The molecule has 6 heteroatoms. The van der Waals surface area contributed by atoms with Crippen molar-refractivity contribution in [1.29, 1.82) is 0 Å². The van der Waals surface area contributed by atoms with Crippen molar-refractivity contribution in [2.75, 3.05) is 26.2 Å². The quantitative estimate of drug-likeness (QED) is 0.841. The highest BCUT2D eigenvalue weighted by Crippen LogP contribution is 2.21. The zero-order valence-electron chi connectivity index (χ0n) is 15.4. The third kappa shape index (κ3) is 5.21. The molecule has 3 amide bonds. The smallest absolute Gasteiger partial charge is 0.341 e. The molecule has 1 aromatic carbocycles. The number of amides is 3. The van der Waals surface area contributed by atoms with Gasteiger partial charge < -0.3 is 9.80 Å². The molecule has 0 saturated carbocycles. The Morgan fingerprint density at radius 1 is 0.923 bits per heavy atom. The van der Waals surface area contributed by atoms with Crippen molar-refractivity contribution >= 4 is 11.9 Å². The summed E-state index contributed by atoms with van der Waals surface area (Å²) >= 11 is 0. The second kappa shape index (κ2) is 9.57. The molecule has 2 fully saturated rings. The van der Waals surface area contributed by atoms with Crippen molar-refractivity contribution < 1.29 is 14.4 Å². The minimum Gasteiger partial charge on any atom is -0.342 e. The first kappa shape index (κ1) is 18.7. The maximum absolute atomic E-state index is 12.7. The molecule has 1 aromatic rings. The summed E-state index contributed by atoms with van der Waals surface area (Å²) in [7, 11) is 0. The Kier molecular flexibility index (Phi) is 6.89. The van der Waals surface area contributed by atoms with E-state index in [0.717, 1.165) is 44.3 Å². The zero-order valence-corrected chi connectivity index (χ0v) is 15.4. The van der Waals surface area contributed by atoms with Crippen LogP contribution in [0.4, 0.5) is 4.79 Å². The maximum Gasteiger partial charge on any atom is 0.341 e. The van der Waals surface area contributed by atoms with Crippen LogP contribution in [0.5, 0.6) is 0 Å². The van der Waals surface area contributed by atoms with Gasteiger partial charge in [0.15, 0.2) is 0 Å². The number of piperidine rings is 1. The highest BCUT2D eigenvalue weighted by Gasteiger charge is 2.30. The molecule has 2 saturated heterocycles. The first-order chi connectivity index (χ1) is 12.7. The summed E-state index contributed by atoms with van der Waals surface area (Å²) in [6.07, 6.45) is 6.16. The van der Waals surface area contributed by atoms with Crippen LogP contribution in [0.15, 0.2) is 30.3 Å². The van der Waals surface area contributed by atoms with Crippen LogP contribution in [0.1, 0.15) is 44.1 Å². The van der Waals surface area contributed by atoms with Crippen molar-refractivity contribution in [3.8, 4) is 0 Å². The largest absolute Gasteiger partial charge is 0.342 e. The number of nitrogens with zero attached hydrogens (tertiary/aromatic N) is 2. The Labute approximate surface area is 155 Å². The van der Waals surface area contributed by atoms with E-state index in [-0.39, 0.29) is 17.9 Å². The van der Waals surface area contributed by atoms with Crippen LogP contribution in [0.2, 0.25) is 0 Å². The van der Waals surface area contributed by atoms with Gasteiger partial charge in [0, 0.05) is 32.1 Å². The normalized spacial score (nSPS) is 19.1. The molecule has 3 rings (SSSR count). The van der Waals surface area contributed by atoms with E-state index in [4.69, 9.17) is 4.84 Å². The first-order valence-corrected chi connectivity index (χ1v) is 9.73. The van der Waals surface area contributed by atoms with Crippen LogP contribution >= 0.6 is 0 Å². The van der Waals surface area contributed by atoms with Crippen molar-refractivity contribution in [2.45, 2.75) is 45.1 Å². The lowest BCUT2D eigenvalue weighted by atomic mass is 9.95. The van der Waals surface area contributed by atoms with Gasteiger partial charge in [-0.1, -0.05) is 43.2 Å². The predicted octanol–water partition coefficient (Wildman–Crippen LogP) is 2.94. The molecule has 0 unspecified atom stereocenters.